The molecule has 0 saturated heterocycles. The number of imide groups is 1. The molecule has 1 N–H and O–H groups in total. The number of carbonyl (C=O) groups excluding carboxylic acids is 3. The van der Waals surface area contributed by atoms with Crippen molar-refractivity contribution < 1.29 is 19.1 Å². The Bertz CT molecular complexity index is 579. The van der Waals surface area contributed by atoms with E-state index in [0.717, 1.165) is 19.1 Å². The highest BCUT2D eigenvalue weighted by Gasteiger charge is 2.64. The van der Waals surface area contributed by atoms with Gasteiger partial charge in [0, 0.05) is 11.0 Å². The van der Waals surface area contributed by atoms with Crippen molar-refractivity contribution in [2.24, 2.45) is 16.7 Å². The normalized spacial score (nSPS) is 31.5. The zero-order valence-electron chi connectivity index (χ0n) is 12.3. The average Bonchev–Trinajstić information content (AvgIpc) is 2.68. The quantitative estimate of drug-likeness (QED) is 0.437. The summed E-state index contributed by atoms with van der Waals surface area (Å²) in [5.74, 6) is -1.11. The van der Waals surface area contributed by atoms with E-state index in [1.54, 1.807) is 5.32 Å². The summed E-state index contributed by atoms with van der Waals surface area (Å²) in [6.07, 6.45) is 1.69. The molecule has 0 aliphatic heterocycles. The Morgan fingerprint density at radius 1 is 1.32 bits per heavy atom. The summed E-state index contributed by atoms with van der Waals surface area (Å²) in [6.45, 7) is 6.01. The number of halogens is 3. The molecule has 2 atom stereocenters. The highest BCUT2D eigenvalue weighted by atomic mass is 35.6. The molecule has 0 aromatic heterocycles. The first-order valence-corrected chi connectivity index (χ1v) is 7.88. The van der Waals surface area contributed by atoms with Crippen LogP contribution in [0.5, 0.6) is 0 Å². The molecule has 2 bridgehead atoms. The minimum Gasteiger partial charge on any atom is -0.418 e. The van der Waals surface area contributed by atoms with Gasteiger partial charge in [0.25, 0.3) is 9.70 Å². The number of hydrogen-bond acceptors (Lipinski definition) is 4. The van der Waals surface area contributed by atoms with Gasteiger partial charge in [0.2, 0.25) is 0 Å². The van der Waals surface area contributed by atoms with Gasteiger partial charge in [0.05, 0.1) is 0 Å². The molecule has 2 aliphatic carbocycles. The summed E-state index contributed by atoms with van der Waals surface area (Å²) in [6, 6.07) is 0. The summed E-state index contributed by atoms with van der Waals surface area (Å²) < 4.78 is 2.56. The van der Waals surface area contributed by atoms with Crippen LogP contribution in [0.15, 0.2) is 11.8 Å². The summed E-state index contributed by atoms with van der Waals surface area (Å²) in [4.78, 5) is 35.3. The Balaban J connectivity index is 2.08. The molecule has 2 saturated carbocycles. The van der Waals surface area contributed by atoms with Crippen molar-refractivity contribution in [2.75, 3.05) is 0 Å². The van der Waals surface area contributed by atoms with Gasteiger partial charge in [-0.15, -0.1) is 0 Å². The van der Waals surface area contributed by atoms with E-state index in [1.807, 2.05) is 20.8 Å². The third-order valence-corrected chi connectivity index (χ3v) is 5.65. The van der Waals surface area contributed by atoms with Crippen LogP contribution in [0.3, 0.4) is 0 Å². The molecule has 2 unspecified atom stereocenters. The van der Waals surface area contributed by atoms with E-state index in [-0.39, 0.29) is 17.1 Å². The first kappa shape index (κ1) is 17.6. The second kappa shape index (κ2) is 5.39. The number of allylic oxidation sites excluding steroid dienone is 1. The first-order valence-electron chi connectivity index (χ1n) is 6.75. The summed E-state index contributed by atoms with van der Waals surface area (Å²) >= 11 is 16.0. The standard InChI is InChI=1S/C14H16Cl3NO4/c1-12(2)8-4-5-13(12,3)9(19)7(8)6-22-11(21)18-10(20)14(15,16)17/h6,8H,4-5H2,1-3H3,(H,18,20,21). The zero-order valence-corrected chi connectivity index (χ0v) is 14.6. The Labute approximate surface area is 143 Å². The molecule has 2 fully saturated rings. The second-order valence-corrected chi connectivity index (χ2v) is 8.69. The van der Waals surface area contributed by atoms with Crippen LogP contribution in [0, 0.1) is 16.7 Å². The highest BCUT2D eigenvalue weighted by Crippen LogP contribution is 2.65. The van der Waals surface area contributed by atoms with E-state index in [2.05, 4.69) is 0 Å². The fourth-order valence-corrected chi connectivity index (χ4v) is 3.52. The lowest BCUT2D eigenvalue weighted by Gasteiger charge is -2.31. The molecular formula is C14H16Cl3NO4. The van der Waals surface area contributed by atoms with Gasteiger partial charge < -0.3 is 4.74 Å². The maximum absolute atomic E-state index is 12.5. The fraction of sp³-hybridized carbons (Fsp3) is 0.643. The molecule has 5 nitrogen and oxygen atoms in total. The van der Waals surface area contributed by atoms with Gasteiger partial charge in [-0.05, 0) is 24.2 Å². The van der Waals surface area contributed by atoms with Crippen LogP contribution >= 0.6 is 34.8 Å². The smallest absolute Gasteiger partial charge is 0.418 e. The monoisotopic (exact) mass is 367 g/mol. The highest BCUT2D eigenvalue weighted by molar-refractivity contribution is 6.76. The SMILES string of the molecule is CC12CCC(C(=COC(=O)NC(=O)C(Cl)(Cl)Cl)C1=O)C2(C)C. The van der Waals surface area contributed by atoms with Gasteiger partial charge in [0.15, 0.2) is 5.78 Å². The van der Waals surface area contributed by atoms with E-state index in [4.69, 9.17) is 39.5 Å². The lowest BCUT2D eigenvalue weighted by atomic mass is 9.70. The van der Waals surface area contributed by atoms with Crippen molar-refractivity contribution in [3.63, 3.8) is 0 Å². The predicted octanol–water partition coefficient (Wildman–Crippen LogP) is 3.52. The van der Waals surface area contributed by atoms with Crippen LogP contribution < -0.4 is 5.32 Å². The van der Waals surface area contributed by atoms with Crippen molar-refractivity contribution in [3.8, 4) is 0 Å². The maximum Gasteiger partial charge on any atom is 0.418 e. The first-order chi connectivity index (χ1) is 9.91. The number of Topliss-reactive ketones (excluding diaryl/α,β-unsaturated/α-hetero) is 1. The lowest BCUT2D eigenvalue weighted by Crippen LogP contribution is -2.38. The molecule has 0 spiro atoms. The van der Waals surface area contributed by atoms with Crippen LogP contribution in [0.1, 0.15) is 33.6 Å². The largest absolute Gasteiger partial charge is 0.418 e. The van der Waals surface area contributed by atoms with E-state index >= 15 is 0 Å². The van der Waals surface area contributed by atoms with Gasteiger partial charge in [0.1, 0.15) is 6.26 Å². The Kier molecular flexibility index (Phi) is 4.31. The number of hydrogen-bond donors (Lipinski definition) is 1. The van der Waals surface area contributed by atoms with Gasteiger partial charge in [-0.25, -0.2) is 4.79 Å². The molecule has 22 heavy (non-hydrogen) atoms. The number of ketones is 1. The van der Waals surface area contributed by atoms with Crippen LogP contribution in [0.25, 0.3) is 0 Å². The van der Waals surface area contributed by atoms with Crippen LogP contribution in [-0.2, 0) is 14.3 Å². The third-order valence-electron chi connectivity index (χ3n) is 5.13. The minimum atomic E-state index is -2.26. The van der Waals surface area contributed by atoms with Crippen LogP contribution in [-0.4, -0.2) is 21.6 Å². The van der Waals surface area contributed by atoms with E-state index in [1.165, 1.54) is 0 Å². The topological polar surface area (TPSA) is 72.5 Å². The van der Waals surface area contributed by atoms with Crippen molar-refractivity contribution in [1.82, 2.24) is 5.32 Å². The summed E-state index contributed by atoms with van der Waals surface area (Å²) in [7, 11) is 0. The molecule has 122 valence electrons. The number of ether oxygens (including phenoxy) is 1. The Hall–Kier alpha value is -0.780. The van der Waals surface area contributed by atoms with E-state index < -0.39 is 21.2 Å². The molecule has 2 amide bonds. The maximum atomic E-state index is 12.5. The number of carbonyl (C=O) groups is 3. The Morgan fingerprint density at radius 3 is 2.36 bits per heavy atom. The predicted molar refractivity (Wildman–Crippen MR) is 82.6 cm³/mol. The van der Waals surface area contributed by atoms with E-state index in [0.29, 0.717) is 5.57 Å². The molecular weight excluding hydrogens is 353 g/mol. The average molecular weight is 369 g/mol. The van der Waals surface area contributed by atoms with Crippen molar-refractivity contribution in [2.45, 2.75) is 37.4 Å². The number of alkyl carbamates (subject to hydrolysis) is 1. The molecule has 0 heterocycles. The van der Waals surface area contributed by atoms with Gasteiger partial charge in [-0.2, -0.15) is 0 Å². The van der Waals surface area contributed by atoms with Gasteiger partial charge in [-0.3, -0.25) is 14.9 Å². The Morgan fingerprint density at radius 2 is 1.91 bits per heavy atom. The van der Waals surface area contributed by atoms with Gasteiger partial charge in [-0.1, -0.05) is 55.6 Å². The van der Waals surface area contributed by atoms with Crippen LogP contribution in [0.2, 0.25) is 0 Å². The summed E-state index contributed by atoms with van der Waals surface area (Å²) in [5.41, 5.74) is -0.171. The molecule has 8 heteroatoms. The van der Waals surface area contributed by atoms with Crippen LogP contribution in [0.4, 0.5) is 4.79 Å². The van der Waals surface area contributed by atoms with Crippen molar-refractivity contribution in [1.29, 1.82) is 0 Å². The van der Waals surface area contributed by atoms with Gasteiger partial charge >= 0.3 is 6.09 Å². The van der Waals surface area contributed by atoms with E-state index in [9.17, 15) is 14.4 Å². The molecule has 0 aromatic rings. The van der Waals surface area contributed by atoms with Crippen molar-refractivity contribution in [3.05, 3.63) is 11.8 Å². The summed E-state index contributed by atoms with van der Waals surface area (Å²) in [5, 5.41) is 1.78. The number of alkyl halides is 3. The third kappa shape index (κ3) is 2.63. The molecule has 2 aliphatic rings. The molecule has 2 rings (SSSR count). The molecule has 0 aromatic carbocycles. The lowest BCUT2D eigenvalue weighted by molar-refractivity contribution is -0.125. The fourth-order valence-electron chi connectivity index (χ4n) is 3.37. The van der Waals surface area contributed by atoms with Crippen molar-refractivity contribution >= 4 is 52.6 Å². The number of fused-ring (bicyclic) bond motifs is 2. The number of rotatable bonds is 1. The number of amides is 2. The number of nitrogens with one attached hydrogen (secondary N) is 1. The molecule has 0 radical (unpaired) electrons. The second-order valence-electron chi connectivity index (χ2n) is 6.40. The minimum absolute atomic E-state index is 0.0192. The zero-order chi connectivity index (χ0) is 16.9.